The first kappa shape index (κ1) is 21.3. The first-order chi connectivity index (χ1) is 13.3. The van der Waals surface area contributed by atoms with E-state index in [9.17, 15) is 9.90 Å². The van der Waals surface area contributed by atoms with Crippen LogP contribution in [0, 0.1) is 0 Å². The second-order valence-corrected chi connectivity index (χ2v) is 8.45. The highest BCUT2D eigenvalue weighted by Crippen LogP contribution is 2.42. The van der Waals surface area contributed by atoms with Crippen LogP contribution in [-0.2, 0) is 10.4 Å². The van der Waals surface area contributed by atoms with Crippen molar-refractivity contribution in [2.24, 2.45) is 0 Å². The van der Waals surface area contributed by atoms with Gasteiger partial charge in [-0.15, -0.1) is 0 Å². The van der Waals surface area contributed by atoms with Gasteiger partial charge in [-0.25, -0.2) is 0 Å². The Hall–Kier alpha value is -1.37. The van der Waals surface area contributed by atoms with Gasteiger partial charge in [0.25, 0.3) is 0 Å². The summed E-state index contributed by atoms with van der Waals surface area (Å²) >= 11 is 19.0. The van der Waals surface area contributed by atoms with E-state index in [-0.39, 0.29) is 11.2 Å². The third-order valence-corrected chi connectivity index (χ3v) is 5.72. The molecule has 0 heterocycles. The van der Waals surface area contributed by atoms with Gasteiger partial charge in [-0.1, -0.05) is 79.3 Å². The number of carbonyl (C=O) groups is 1. The van der Waals surface area contributed by atoms with Gasteiger partial charge in [0.15, 0.2) is 0 Å². The summed E-state index contributed by atoms with van der Waals surface area (Å²) in [6.45, 7) is 0. The molecule has 0 fully saturated rings. The lowest BCUT2D eigenvalue weighted by Crippen LogP contribution is -2.31. The molecule has 0 saturated heterocycles. The SMILES string of the molecule is O=C(CBr)Nc1ccc(Br)cc1C(O)(c1cccc(Cl)c1)c1cccc(Cl)c1. The van der Waals surface area contributed by atoms with Crippen molar-refractivity contribution in [3.8, 4) is 0 Å². The van der Waals surface area contributed by atoms with Gasteiger partial charge in [-0.05, 0) is 53.6 Å². The average molecular weight is 544 g/mol. The van der Waals surface area contributed by atoms with E-state index in [4.69, 9.17) is 23.2 Å². The predicted molar refractivity (Wildman–Crippen MR) is 122 cm³/mol. The number of nitrogens with one attached hydrogen (secondary N) is 1. The number of benzene rings is 3. The molecule has 0 aromatic heterocycles. The Morgan fingerprint density at radius 3 is 2.04 bits per heavy atom. The molecule has 3 aromatic carbocycles. The smallest absolute Gasteiger partial charge is 0.235 e. The number of rotatable bonds is 5. The molecular formula is C21H15Br2Cl2NO2. The molecule has 144 valence electrons. The zero-order chi connectivity index (χ0) is 20.3. The second-order valence-electron chi connectivity index (χ2n) is 6.10. The zero-order valence-electron chi connectivity index (χ0n) is 14.4. The van der Waals surface area contributed by atoms with E-state index in [1.807, 2.05) is 0 Å². The van der Waals surface area contributed by atoms with Gasteiger partial charge in [-0.3, -0.25) is 4.79 Å². The van der Waals surface area contributed by atoms with Crippen LogP contribution in [0.1, 0.15) is 16.7 Å². The number of hydrogen-bond donors (Lipinski definition) is 2. The highest BCUT2D eigenvalue weighted by atomic mass is 79.9. The standard InChI is InChI=1S/C21H15Br2Cl2NO2/c22-12-20(27)26-19-8-7-15(23)11-18(19)21(28,13-3-1-5-16(24)9-13)14-4-2-6-17(25)10-14/h1-11,28H,12H2,(H,26,27). The number of aliphatic hydroxyl groups is 1. The lowest BCUT2D eigenvalue weighted by atomic mass is 9.79. The van der Waals surface area contributed by atoms with Gasteiger partial charge in [-0.2, -0.15) is 0 Å². The number of carbonyl (C=O) groups excluding carboxylic acids is 1. The molecule has 0 saturated carbocycles. The Morgan fingerprint density at radius 1 is 0.964 bits per heavy atom. The molecule has 0 bridgehead atoms. The predicted octanol–water partition coefficient (Wildman–Crippen LogP) is 6.37. The monoisotopic (exact) mass is 541 g/mol. The van der Waals surface area contributed by atoms with Crippen molar-refractivity contribution in [2.45, 2.75) is 5.60 Å². The molecule has 3 rings (SSSR count). The van der Waals surface area contributed by atoms with E-state index in [0.29, 0.717) is 32.4 Å². The van der Waals surface area contributed by atoms with Crippen molar-refractivity contribution in [3.63, 3.8) is 0 Å². The van der Waals surface area contributed by atoms with Crippen LogP contribution in [0.2, 0.25) is 10.0 Å². The van der Waals surface area contributed by atoms with Crippen LogP contribution in [0.5, 0.6) is 0 Å². The summed E-state index contributed by atoms with van der Waals surface area (Å²) < 4.78 is 0.752. The first-order valence-corrected chi connectivity index (χ1v) is 10.9. The summed E-state index contributed by atoms with van der Waals surface area (Å²) in [7, 11) is 0. The molecule has 0 aliphatic rings. The molecule has 0 radical (unpaired) electrons. The topological polar surface area (TPSA) is 49.3 Å². The van der Waals surface area contributed by atoms with E-state index in [2.05, 4.69) is 37.2 Å². The van der Waals surface area contributed by atoms with Gasteiger partial charge >= 0.3 is 0 Å². The Bertz CT molecular complexity index is 981. The maximum atomic E-state index is 12.1. The molecule has 1 amide bonds. The van der Waals surface area contributed by atoms with Crippen molar-refractivity contribution in [2.75, 3.05) is 10.6 Å². The lowest BCUT2D eigenvalue weighted by molar-refractivity contribution is -0.113. The van der Waals surface area contributed by atoms with Crippen LogP contribution in [0.3, 0.4) is 0 Å². The fourth-order valence-electron chi connectivity index (χ4n) is 3.01. The van der Waals surface area contributed by atoms with E-state index in [0.717, 1.165) is 4.47 Å². The Balaban J connectivity index is 2.32. The molecular weight excluding hydrogens is 529 g/mol. The fourth-order valence-corrected chi connectivity index (χ4v) is 3.89. The Morgan fingerprint density at radius 2 is 1.54 bits per heavy atom. The molecule has 0 atom stereocenters. The third kappa shape index (κ3) is 4.44. The van der Waals surface area contributed by atoms with Crippen LogP contribution in [-0.4, -0.2) is 16.3 Å². The molecule has 2 N–H and O–H groups in total. The van der Waals surface area contributed by atoms with Crippen LogP contribution < -0.4 is 5.32 Å². The van der Waals surface area contributed by atoms with Crippen molar-refractivity contribution in [3.05, 3.63) is 97.9 Å². The zero-order valence-corrected chi connectivity index (χ0v) is 19.1. The summed E-state index contributed by atoms with van der Waals surface area (Å²) in [6.07, 6.45) is 0. The number of anilines is 1. The van der Waals surface area contributed by atoms with Crippen LogP contribution >= 0.6 is 55.1 Å². The molecule has 3 nitrogen and oxygen atoms in total. The second kappa shape index (κ2) is 8.97. The Labute approximate surface area is 189 Å². The normalized spacial score (nSPS) is 11.3. The maximum absolute atomic E-state index is 12.1. The summed E-state index contributed by atoms with van der Waals surface area (Å²) in [4.78, 5) is 12.0. The number of amides is 1. The van der Waals surface area contributed by atoms with Gasteiger partial charge in [0, 0.05) is 25.8 Å². The van der Waals surface area contributed by atoms with Gasteiger partial charge in [0.2, 0.25) is 5.91 Å². The first-order valence-electron chi connectivity index (χ1n) is 8.25. The molecule has 0 aliphatic heterocycles. The van der Waals surface area contributed by atoms with Gasteiger partial charge in [0.1, 0.15) is 5.60 Å². The van der Waals surface area contributed by atoms with Crippen molar-refractivity contribution in [1.82, 2.24) is 0 Å². The highest BCUT2D eigenvalue weighted by molar-refractivity contribution is 9.10. The van der Waals surface area contributed by atoms with E-state index >= 15 is 0 Å². The van der Waals surface area contributed by atoms with Crippen LogP contribution in [0.4, 0.5) is 5.69 Å². The molecule has 0 aliphatic carbocycles. The van der Waals surface area contributed by atoms with Crippen LogP contribution in [0.15, 0.2) is 71.2 Å². The minimum Gasteiger partial charge on any atom is -0.376 e. The largest absolute Gasteiger partial charge is 0.376 e. The van der Waals surface area contributed by atoms with E-state index < -0.39 is 5.60 Å². The average Bonchev–Trinajstić information content (AvgIpc) is 2.68. The van der Waals surface area contributed by atoms with Gasteiger partial charge < -0.3 is 10.4 Å². The third-order valence-electron chi connectivity index (χ3n) is 4.25. The van der Waals surface area contributed by atoms with Gasteiger partial charge in [0.05, 0.1) is 5.33 Å². The minimum atomic E-state index is -1.60. The molecule has 3 aromatic rings. The maximum Gasteiger partial charge on any atom is 0.235 e. The highest BCUT2D eigenvalue weighted by Gasteiger charge is 2.37. The van der Waals surface area contributed by atoms with Crippen LogP contribution in [0.25, 0.3) is 0 Å². The number of halogens is 4. The van der Waals surface area contributed by atoms with E-state index in [1.54, 1.807) is 66.7 Å². The summed E-state index contributed by atoms with van der Waals surface area (Å²) in [5.41, 5.74) is 0.467. The van der Waals surface area contributed by atoms with Crippen molar-refractivity contribution >= 4 is 66.7 Å². The van der Waals surface area contributed by atoms with E-state index in [1.165, 1.54) is 0 Å². The lowest BCUT2D eigenvalue weighted by Gasteiger charge is -2.32. The summed E-state index contributed by atoms with van der Waals surface area (Å²) in [5, 5.41) is 16.0. The van der Waals surface area contributed by atoms with Crippen molar-refractivity contribution < 1.29 is 9.90 Å². The molecule has 0 spiro atoms. The quantitative estimate of drug-likeness (QED) is 0.290. The number of hydrogen-bond acceptors (Lipinski definition) is 2. The molecule has 0 unspecified atom stereocenters. The minimum absolute atomic E-state index is 0.134. The summed E-state index contributed by atoms with van der Waals surface area (Å²) in [6, 6.07) is 19.3. The van der Waals surface area contributed by atoms with Crippen molar-refractivity contribution in [1.29, 1.82) is 0 Å². The fraction of sp³-hybridized carbons (Fsp3) is 0.0952. The number of alkyl halides is 1. The summed E-state index contributed by atoms with van der Waals surface area (Å²) in [5.74, 6) is -0.233. The molecule has 28 heavy (non-hydrogen) atoms. The Kier molecular flexibility index (Phi) is 6.84. The molecule has 7 heteroatoms.